The molecule has 0 heterocycles. The second-order valence-electron chi connectivity index (χ2n) is 5.71. The molecule has 1 aromatic rings. The highest BCUT2D eigenvalue weighted by atomic mass is 32.1. The van der Waals surface area contributed by atoms with E-state index in [4.69, 9.17) is 18.0 Å². The highest BCUT2D eigenvalue weighted by Gasteiger charge is 2.14. The largest absolute Gasteiger partial charge is 0.389 e. The molecular weight excluding hydrogens is 282 g/mol. The maximum atomic E-state index is 11.9. The average Bonchev–Trinajstić information content (AvgIpc) is 2.44. The van der Waals surface area contributed by atoms with Crippen LogP contribution >= 0.6 is 12.2 Å². The Morgan fingerprint density at radius 2 is 1.86 bits per heavy atom. The van der Waals surface area contributed by atoms with Gasteiger partial charge in [0.15, 0.2) is 0 Å². The third kappa shape index (κ3) is 5.81. The van der Waals surface area contributed by atoms with E-state index >= 15 is 0 Å². The molecule has 0 aliphatic rings. The van der Waals surface area contributed by atoms with Gasteiger partial charge in [0.05, 0.1) is 0 Å². The molecule has 0 aliphatic carbocycles. The van der Waals surface area contributed by atoms with E-state index in [1.165, 1.54) is 0 Å². The molecule has 0 spiro atoms. The van der Waals surface area contributed by atoms with Crippen LogP contribution in [0.1, 0.15) is 32.8 Å². The standard InChI is InChI=1S/C16H25N3OS/c1-11(2)12(3)19(4)10-9-15(20)18-14-7-5-13(6-8-14)16(17)21/h5-8,11-12H,9-10H2,1-4H3,(H2,17,21)(H,18,20). The van der Waals surface area contributed by atoms with Crippen LogP contribution < -0.4 is 11.1 Å². The Balaban J connectivity index is 2.45. The van der Waals surface area contributed by atoms with E-state index < -0.39 is 0 Å². The monoisotopic (exact) mass is 307 g/mol. The van der Waals surface area contributed by atoms with Gasteiger partial charge in [0.1, 0.15) is 4.99 Å². The summed E-state index contributed by atoms with van der Waals surface area (Å²) in [5.74, 6) is 0.589. The fraction of sp³-hybridized carbons (Fsp3) is 0.500. The van der Waals surface area contributed by atoms with Gasteiger partial charge in [0.2, 0.25) is 5.91 Å². The number of rotatable bonds is 7. The van der Waals surface area contributed by atoms with Gasteiger partial charge in [0, 0.05) is 30.3 Å². The maximum absolute atomic E-state index is 11.9. The van der Waals surface area contributed by atoms with E-state index in [1.54, 1.807) is 0 Å². The van der Waals surface area contributed by atoms with Crippen molar-refractivity contribution in [3.63, 3.8) is 0 Å². The zero-order valence-electron chi connectivity index (χ0n) is 13.2. The van der Waals surface area contributed by atoms with Gasteiger partial charge >= 0.3 is 0 Å². The normalized spacial score (nSPS) is 12.5. The summed E-state index contributed by atoms with van der Waals surface area (Å²) < 4.78 is 0. The highest BCUT2D eigenvalue weighted by Crippen LogP contribution is 2.11. The van der Waals surface area contributed by atoms with Crippen molar-refractivity contribution in [2.75, 3.05) is 18.9 Å². The smallest absolute Gasteiger partial charge is 0.225 e. The van der Waals surface area contributed by atoms with Gasteiger partial charge in [-0.1, -0.05) is 26.1 Å². The summed E-state index contributed by atoms with van der Waals surface area (Å²) in [5, 5.41) is 2.88. The summed E-state index contributed by atoms with van der Waals surface area (Å²) in [6.07, 6.45) is 0.477. The molecule has 4 nitrogen and oxygen atoms in total. The van der Waals surface area contributed by atoms with Gasteiger partial charge in [-0.05, 0) is 44.2 Å². The third-order valence-electron chi connectivity index (χ3n) is 3.80. The summed E-state index contributed by atoms with van der Waals surface area (Å²) in [7, 11) is 2.05. The molecule has 1 atom stereocenters. The van der Waals surface area contributed by atoms with E-state index in [0.29, 0.717) is 23.4 Å². The Labute approximate surface area is 132 Å². The van der Waals surface area contributed by atoms with Crippen LogP contribution in [0.3, 0.4) is 0 Å². The van der Waals surface area contributed by atoms with Crippen LogP contribution in [-0.4, -0.2) is 35.4 Å². The van der Waals surface area contributed by atoms with Crippen LogP contribution in [-0.2, 0) is 4.79 Å². The first-order chi connectivity index (χ1) is 9.81. The van der Waals surface area contributed by atoms with Crippen molar-refractivity contribution in [3.05, 3.63) is 29.8 Å². The van der Waals surface area contributed by atoms with Gasteiger partial charge in [0.25, 0.3) is 0 Å². The summed E-state index contributed by atoms with van der Waals surface area (Å²) in [4.78, 5) is 14.5. The van der Waals surface area contributed by atoms with Crippen LogP contribution in [0.4, 0.5) is 5.69 Å². The van der Waals surface area contributed by atoms with Gasteiger partial charge in [-0.25, -0.2) is 0 Å². The van der Waals surface area contributed by atoms with Crippen LogP contribution in [0.5, 0.6) is 0 Å². The molecule has 21 heavy (non-hydrogen) atoms. The Bertz CT molecular complexity index is 485. The lowest BCUT2D eigenvalue weighted by Gasteiger charge is -2.27. The summed E-state index contributed by atoms with van der Waals surface area (Å²) in [6, 6.07) is 7.71. The second-order valence-corrected chi connectivity index (χ2v) is 6.14. The van der Waals surface area contributed by atoms with E-state index in [1.807, 2.05) is 24.3 Å². The van der Waals surface area contributed by atoms with Crippen molar-refractivity contribution in [2.24, 2.45) is 11.7 Å². The van der Waals surface area contributed by atoms with Gasteiger partial charge in [-0.15, -0.1) is 0 Å². The average molecular weight is 307 g/mol. The lowest BCUT2D eigenvalue weighted by atomic mass is 10.1. The van der Waals surface area contributed by atoms with Crippen LogP contribution in [0, 0.1) is 5.92 Å². The number of carbonyl (C=O) groups excluding carboxylic acids is 1. The molecule has 0 saturated carbocycles. The van der Waals surface area contributed by atoms with E-state index in [0.717, 1.165) is 17.8 Å². The molecule has 0 aromatic heterocycles. The topological polar surface area (TPSA) is 58.4 Å². The number of anilines is 1. The van der Waals surface area contributed by atoms with Crippen molar-refractivity contribution in [1.82, 2.24) is 4.90 Å². The fourth-order valence-electron chi connectivity index (χ4n) is 1.93. The molecule has 0 bridgehead atoms. The number of thiocarbonyl (C=S) groups is 1. The quantitative estimate of drug-likeness (QED) is 0.760. The highest BCUT2D eigenvalue weighted by molar-refractivity contribution is 7.80. The molecule has 0 radical (unpaired) electrons. The Hall–Kier alpha value is -1.46. The number of amides is 1. The molecule has 1 amide bonds. The zero-order valence-corrected chi connectivity index (χ0v) is 14.0. The predicted molar refractivity (Wildman–Crippen MR) is 92.5 cm³/mol. The molecule has 1 unspecified atom stereocenters. The van der Waals surface area contributed by atoms with Crippen molar-refractivity contribution in [3.8, 4) is 0 Å². The SMILES string of the molecule is CC(C)C(C)N(C)CCC(=O)Nc1ccc(C(N)=S)cc1. The molecule has 0 saturated heterocycles. The Morgan fingerprint density at radius 3 is 2.33 bits per heavy atom. The third-order valence-corrected chi connectivity index (χ3v) is 4.04. The fourth-order valence-corrected chi connectivity index (χ4v) is 2.07. The molecule has 1 aromatic carbocycles. The van der Waals surface area contributed by atoms with Crippen molar-refractivity contribution >= 4 is 28.8 Å². The molecule has 116 valence electrons. The van der Waals surface area contributed by atoms with Crippen molar-refractivity contribution in [2.45, 2.75) is 33.2 Å². The number of benzene rings is 1. The van der Waals surface area contributed by atoms with Crippen molar-refractivity contribution in [1.29, 1.82) is 0 Å². The molecule has 3 N–H and O–H groups in total. The number of nitrogens with zero attached hydrogens (tertiary/aromatic N) is 1. The van der Waals surface area contributed by atoms with Gasteiger partial charge in [-0.3, -0.25) is 4.79 Å². The zero-order chi connectivity index (χ0) is 16.0. The summed E-state index contributed by atoms with van der Waals surface area (Å²) in [5.41, 5.74) is 7.10. The molecular formula is C16H25N3OS. The lowest BCUT2D eigenvalue weighted by molar-refractivity contribution is -0.116. The molecule has 0 aliphatic heterocycles. The molecule has 1 rings (SSSR count). The van der Waals surface area contributed by atoms with E-state index in [9.17, 15) is 4.79 Å². The van der Waals surface area contributed by atoms with Gasteiger partial charge < -0.3 is 16.0 Å². The predicted octanol–water partition coefficient (Wildman–Crippen LogP) is 2.63. The number of hydrogen-bond acceptors (Lipinski definition) is 3. The minimum atomic E-state index is 0.0147. The second kappa shape index (κ2) is 8.10. The van der Waals surface area contributed by atoms with Crippen LogP contribution in [0.2, 0.25) is 0 Å². The first-order valence-corrected chi connectivity index (χ1v) is 7.62. The van der Waals surface area contributed by atoms with Crippen LogP contribution in [0.25, 0.3) is 0 Å². The number of carbonyl (C=O) groups is 1. The summed E-state index contributed by atoms with van der Waals surface area (Å²) in [6.45, 7) is 7.29. The lowest BCUT2D eigenvalue weighted by Crippen LogP contribution is -2.35. The minimum absolute atomic E-state index is 0.0147. The van der Waals surface area contributed by atoms with E-state index in [-0.39, 0.29) is 5.91 Å². The maximum Gasteiger partial charge on any atom is 0.225 e. The van der Waals surface area contributed by atoms with E-state index in [2.05, 4.69) is 38.0 Å². The number of nitrogens with one attached hydrogen (secondary N) is 1. The molecule has 0 fully saturated rings. The first kappa shape index (κ1) is 17.6. The number of nitrogens with two attached hydrogens (primary N) is 1. The van der Waals surface area contributed by atoms with Crippen LogP contribution in [0.15, 0.2) is 24.3 Å². The molecule has 5 heteroatoms. The number of hydrogen-bond donors (Lipinski definition) is 2. The Kier molecular flexibility index (Phi) is 6.78. The minimum Gasteiger partial charge on any atom is -0.389 e. The van der Waals surface area contributed by atoms with Crippen molar-refractivity contribution < 1.29 is 4.79 Å². The first-order valence-electron chi connectivity index (χ1n) is 7.21. The summed E-state index contributed by atoms with van der Waals surface area (Å²) >= 11 is 4.89. The Morgan fingerprint density at radius 1 is 1.29 bits per heavy atom. The van der Waals surface area contributed by atoms with Gasteiger partial charge in [-0.2, -0.15) is 0 Å².